The quantitative estimate of drug-likeness (QED) is 0.0319. The number of rotatable bonds is 17. The lowest BCUT2D eigenvalue weighted by molar-refractivity contribution is -0.746. The Kier molecular flexibility index (Phi) is 13.8. The van der Waals surface area contributed by atoms with Crippen molar-refractivity contribution in [3.05, 3.63) is 16.7 Å². The van der Waals surface area contributed by atoms with Crippen molar-refractivity contribution in [2.75, 3.05) is 44.6 Å². The second-order valence-corrected chi connectivity index (χ2v) is 12.7. The monoisotopic (exact) mass is 725 g/mol. The highest BCUT2D eigenvalue weighted by Crippen LogP contribution is 2.37. The maximum Gasteiger partial charge on any atom is 0.469 e. The minimum atomic E-state index is -4.92. The Bertz CT molecular complexity index is 1580. The van der Waals surface area contributed by atoms with E-state index in [0.717, 1.165) is 14.2 Å². The van der Waals surface area contributed by atoms with E-state index in [1.807, 2.05) is 0 Å². The molecule has 2 unspecified atom stereocenters. The van der Waals surface area contributed by atoms with Crippen LogP contribution in [0, 0.1) is 0 Å². The van der Waals surface area contributed by atoms with Crippen LogP contribution >= 0.6 is 19.6 Å². The molecule has 1 aliphatic rings. The molecule has 0 aliphatic carbocycles. The van der Waals surface area contributed by atoms with Gasteiger partial charge >= 0.3 is 25.4 Å². The largest absolute Gasteiger partial charge is 0.469 e. The number of nitrogen functional groups attached to an aromatic ring is 1. The third-order valence-corrected chi connectivity index (χ3v) is 8.47. The number of nitrogens with one attached hydrogen (secondary N) is 3. The molecule has 6 atom stereocenters. The number of phosphoric acid groups is 1. The summed E-state index contributed by atoms with van der Waals surface area (Å²) in [6, 6.07) is -2.18. The zero-order valence-corrected chi connectivity index (χ0v) is 27.4. The number of thioether (sulfide) groups is 1. The number of hydrogen-bond donors (Lipinski definition) is 9. The highest BCUT2D eigenvalue weighted by Gasteiger charge is 2.47. The van der Waals surface area contributed by atoms with Crippen LogP contribution < -0.4 is 32.2 Å². The number of hydrogen-bond acceptors (Lipinski definition) is 16. The Morgan fingerprint density at radius 2 is 1.94 bits per heavy atom. The van der Waals surface area contributed by atoms with Crippen LogP contribution in [0.15, 0.2) is 11.1 Å². The van der Waals surface area contributed by atoms with Crippen molar-refractivity contribution in [1.29, 1.82) is 0 Å². The minimum absolute atomic E-state index is 0.000447. The van der Waals surface area contributed by atoms with Gasteiger partial charge in [-0.25, -0.2) is 9.13 Å². The van der Waals surface area contributed by atoms with Crippen LogP contribution in [-0.2, 0) is 49.0 Å². The number of nitrogens with two attached hydrogens (primary N) is 2. The average molecular weight is 726 g/mol. The molecule has 0 aromatic carbocycles. The topological polar surface area (TPSA) is 334 Å². The van der Waals surface area contributed by atoms with Crippen LogP contribution in [0.4, 0.5) is 5.95 Å². The Balaban J connectivity index is 1.74. The maximum atomic E-state index is 12.9. The van der Waals surface area contributed by atoms with Gasteiger partial charge in [0.2, 0.25) is 23.6 Å². The Morgan fingerprint density at radius 1 is 1.23 bits per heavy atom. The lowest BCUT2D eigenvalue weighted by Gasteiger charge is -2.18. The van der Waals surface area contributed by atoms with Gasteiger partial charge in [0.25, 0.3) is 11.5 Å². The molecule has 22 nitrogen and oxygen atoms in total. The summed E-state index contributed by atoms with van der Waals surface area (Å²) >= 11 is 1.18. The number of phosphoric ester groups is 1. The number of nitrogens with zero attached hydrogens (tertiary/aromatic N) is 3. The number of carbonyl (C=O) groups is 4. The highest BCUT2D eigenvalue weighted by molar-refractivity contribution is 7.99. The molecule has 1 aliphatic heterocycles. The number of anilines is 1. The van der Waals surface area contributed by atoms with E-state index in [9.17, 15) is 38.8 Å². The first-order chi connectivity index (χ1) is 22.6. The number of imidazole rings is 1. The highest BCUT2D eigenvalue weighted by atomic mass is 32.2. The van der Waals surface area contributed by atoms with E-state index >= 15 is 0 Å². The number of aromatic amines is 1. The van der Waals surface area contributed by atoms with Crippen LogP contribution in [0.2, 0.25) is 0 Å². The zero-order chi connectivity index (χ0) is 35.8. The molecular weight excluding hydrogens is 687 g/mol. The Morgan fingerprint density at radius 3 is 2.58 bits per heavy atom. The summed E-state index contributed by atoms with van der Waals surface area (Å²) in [6.07, 6.45) is -4.89. The number of H-pyrrole nitrogens is 1. The number of aryl methyl sites for hydroxylation is 1. The first kappa shape index (κ1) is 38.8. The van der Waals surface area contributed by atoms with E-state index in [0.29, 0.717) is 0 Å². The van der Waals surface area contributed by atoms with Crippen molar-refractivity contribution in [2.24, 2.45) is 5.73 Å². The van der Waals surface area contributed by atoms with Gasteiger partial charge in [-0.2, -0.15) is 11.8 Å². The van der Waals surface area contributed by atoms with Crippen molar-refractivity contribution in [1.82, 2.24) is 25.2 Å². The van der Waals surface area contributed by atoms with Gasteiger partial charge in [0.05, 0.1) is 27.4 Å². The molecule has 2 aromatic heterocycles. The van der Waals surface area contributed by atoms with Crippen molar-refractivity contribution in [3.63, 3.8) is 0 Å². The summed E-state index contributed by atoms with van der Waals surface area (Å²) in [7, 11) is -2.63. The van der Waals surface area contributed by atoms with Crippen LogP contribution in [0.1, 0.15) is 19.1 Å². The van der Waals surface area contributed by atoms with Gasteiger partial charge in [0, 0.05) is 17.9 Å². The number of amides is 2. The summed E-state index contributed by atoms with van der Waals surface area (Å²) in [5, 5.41) is 26.0. The fourth-order valence-corrected chi connectivity index (χ4v) is 5.82. The van der Waals surface area contributed by atoms with Gasteiger partial charge < -0.3 is 56.3 Å². The molecule has 0 bridgehead atoms. The first-order valence-corrected chi connectivity index (χ1v) is 16.8. The van der Waals surface area contributed by atoms with E-state index in [-0.39, 0.29) is 48.0 Å². The van der Waals surface area contributed by atoms with Crippen LogP contribution in [0.3, 0.4) is 0 Å². The molecule has 11 N–H and O–H groups in total. The van der Waals surface area contributed by atoms with E-state index in [4.69, 9.17) is 26.0 Å². The molecule has 0 spiro atoms. The maximum absolute atomic E-state index is 12.9. The minimum Gasteiger partial charge on any atom is -0.468 e. The molecular formula is C24H38N8O14PS+. The predicted molar refractivity (Wildman–Crippen MR) is 162 cm³/mol. The number of aliphatic hydroxyl groups excluding tert-OH is 2. The lowest BCUT2D eigenvalue weighted by atomic mass is 10.1. The van der Waals surface area contributed by atoms with Gasteiger partial charge in [0.1, 0.15) is 36.9 Å². The molecule has 48 heavy (non-hydrogen) atoms. The number of ether oxygens (including phenoxy) is 3. The van der Waals surface area contributed by atoms with E-state index < -0.39 is 86.9 Å². The summed E-state index contributed by atoms with van der Waals surface area (Å²) in [6.45, 7) is -1.12. The van der Waals surface area contributed by atoms with Gasteiger partial charge in [-0.1, -0.05) is 4.98 Å². The van der Waals surface area contributed by atoms with Gasteiger partial charge in [-0.3, -0.25) is 38.0 Å². The normalized spacial score (nSPS) is 20.6. The molecule has 2 amide bonds. The number of carbonyl (C=O) groups excluding carboxylic acids is 4. The molecule has 1 fully saturated rings. The van der Waals surface area contributed by atoms with Crippen molar-refractivity contribution in [3.8, 4) is 0 Å². The smallest absolute Gasteiger partial charge is 0.468 e. The van der Waals surface area contributed by atoms with Gasteiger partial charge in [-0.15, -0.1) is 0 Å². The second-order valence-electron chi connectivity index (χ2n) is 10.3. The van der Waals surface area contributed by atoms with Crippen LogP contribution in [0.5, 0.6) is 0 Å². The third-order valence-electron chi connectivity index (χ3n) is 6.94. The second kappa shape index (κ2) is 17.1. The van der Waals surface area contributed by atoms with E-state index in [2.05, 4.69) is 34.6 Å². The summed E-state index contributed by atoms with van der Waals surface area (Å²) in [5.74, 6) is -2.76. The fourth-order valence-electron chi connectivity index (χ4n) is 4.52. The number of esters is 2. The van der Waals surface area contributed by atoms with Crippen LogP contribution in [-0.4, -0.2) is 128 Å². The summed E-state index contributed by atoms with van der Waals surface area (Å²) in [4.78, 5) is 85.8. The molecule has 1 saturated heterocycles. The molecule has 24 heteroatoms. The van der Waals surface area contributed by atoms with Crippen molar-refractivity contribution in [2.45, 2.75) is 56.0 Å². The average Bonchev–Trinajstić information content (AvgIpc) is 3.53. The van der Waals surface area contributed by atoms with Gasteiger partial charge in [-0.05, 0) is 6.42 Å². The predicted octanol–water partition coefficient (Wildman–Crippen LogP) is -4.89. The summed E-state index contributed by atoms with van der Waals surface area (Å²) in [5.41, 5.74) is 10.7. The lowest BCUT2D eigenvalue weighted by Crippen LogP contribution is -2.49. The van der Waals surface area contributed by atoms with Crippen molar-refractivity contribution >= 4 is 60.4 Å². The molecule has 3 heterocycles. The zero-order valence-electron chi connectivity index (χ0n) is 25.7. The van der Waals surface area contributed by atoms with Crippen molar-refractivity contribution < 1.29 is 67.0 Å². The fraction of sp³-hybridized carbons (Fsp3) is 0.625. The standard InChI is InChI=1S/C24H37N8O14PS/c1-43-15(34)7-27-20(37)12(28-14(33)4-3-11(25)23(39)44-2)9-48-6-5-31-10-32(19-16(31)21(38)30-24(26)29-19)22-18(36)17(35)13(46-22)8-45-47(40,41)42/h10-13,17-18,22,35-36H,3-9,25H2,1-2H3,(H6-,26,27,28,29,30,33,37,38,40,41,42)/p+1/t11?,12?,13-,17-,18-,22-/m1/s1. The Labute approximate surface area is 275 Å². The van der Waals surface area contributed by atoms with Crippen LogP contribution in [0.25, 0.3) is 11.2 Å². The first-order valence-electron chi connectivity index (χ1n) is 14.1. The number of methoxy groups -OCH3 is 2. The van der Waals surface area contributed by atoms with E-state index in [1.165, 1.54) is 27.2 Å². The number of aliphatic hydroxyl groups is 2. The molecule has 2 aromatic rings. The SMILES string of the molecule is COC(=O)CNC(=O)C(CSCCn1c[n+]([C@@H]2O[C@H](COP(=O)(O)O)[C@@H](O)[C@H]2O)c2nc(N)[nH]c(=O)c21)NC(=O)CCC(N)C(=O)OC. The Hall–Kier alpha value is -3.67. The van der Waals surface area contributed by atoms with E-state index in [1.54, 1.807) is 0 Å². The molecule has 3 rings (SSSR count). The third kappa shape index (κ3) is 10.4. The molecule has 0 saturated carbocycles. The number of fused-ring (bicyclic) bond motifs is 1. The summed E-state index contributed by atoms with van der Waals surface area (Å²) < 4.78 is 32.9. The van der Waals surface area contributed by atoms with Gasteiger partial charge in [0.15, 0.2) is 6.33 Å². The molecule has 0 radical (unpaired) electrons. The molecule has 268 valence electrons. The number of aromatic nitrogens is 4.